The molecule has 7 heteroatoms. The summed E-state index contributed by atoms with van der Waals surface area (Å²) in [5.74, 6) is 0.795. The van der Waals surface area contributed by atoms with E-state index in [1.54, 1.807) is 23.5 Å². The highest BCUT2D eigenvalue weighted by molar-refractivity contribution is 7.89. The summed E-state index contributed by atoms with van der Waals surface area (Å²) >= 11 is 0. The van der Waals surface area contributed by atoms with Crippen LogP contribution in [0.15, 0.2) is 30.3 Å². The maximum atomic E-state index is 13.0. The number of piperidine rings is 1. The van der Waals surface area contributed by atoms with Crippen molar-refractivity contribution in [2.45, 2.75) is 30.6 Å². The number of rotatable bonds is 5. The standard InChI is InChI=1S/C18H26N2O4S/c1-19-17(11-8-15-6-9-16(23-2)10-7-15)18(14-24-19)25(21,22)20-12-4-3-5-13-20/h6-11,17-18H,3-5,12-14H2,1-2H3/b11-8+. The highest BCUT2D eigenvalue weighted by Gasteiger charge is 2.43. The molecule has 0 aromatic heterocycles. The smallest absolute Gasteiger partial charge is 0.221 e. The van der Waals surface area contributed by atoms with Crippen LogP contribution >= 0.6 is 0 Å². The summed E-state index contributed by atoms with van der Waals surface area (Å²) in [7, 11) is 0.0537. The molecule has 6 nitrogen and oxygen atoms in total. The second-order valence-electron chi connectivity index (χ2n) is 6.51. The van der Waals surface area contributed by atoms with Crippen LogP contribution < -0.4 is 4.74 Å². The third-order valence-corrected chi connectivity index (χ3v) is 7.17. The Balaban J connectivity index is 1.76. The first-order valence-electron chi connectivity index (χ1n) is 8.69. The fourth-order valence-electron chi connectivity index (χ4n) is 3.35. The zero-order chi connectivity index (χ0) is 17.9. The molecule has 0 aliphatic carbocycles. The van der Waals surface area contributed by atoms with E-state index in [2.05, 4.69) is 0 Å². The van der Waals surface area contributed by atoms with Crippen molar-refractivity contribution in [2.75, 3.05) is 33.9 Å². The van der Waals surface area contributed by atoms with Gasteiger partial charge in [0.1, 0.15) is 11.0 Å². The SMILES string of the molecule is COc1ccc(/C=C/C2C(S(=O)(=O)N3CCCCC3)CON2C)cc1. The number of hydrogen-bond acceptors (Lipinski definition) is 5. The predicted molar refractivity (Wildman–Crippen MR) is 97.7 cm³/mol. The van der Waals surface area contributed by atoms with Crippen LogP contribution in [-0.4, -0.2) is 62.9 Å². The van der Waals surface area contributed by atoms with Crippen LogP contribution in [0.3, 0.4) is 0 Å². The van der Waals surface area contributed by atoms with Gasteiger partial charge in [0.25, 0.3) is 0 Å². The summed E-state index contributed by atoms with van der Waals surface area (Å²) in [5.41, 5.74) is 0.996. The van der Waals surface area contributed by atoms with Gasteiger partial charge in [0.2, 0.25) is 10.0 Å². The molecule has 2 heterocycles. The largest absolute Gasteiger partial charge is 0.497 e. The number of likely N-dealkylation sites (N-methyl/N-ethyl adjacent to an activating group) is 1. The van der Waals surface area contributed by atoms with Crippen LogP contribution in [-0.2, 0) is 14.9 Å². The van der Waals surface area contributed by atoms with Crippen LogP contribution in [0.1, 0.15) is 24.8 Å². The zero-order valence-electron chi connectivity index (χ0n) is 14.8. The number of hydroxylamine groups is 2. The van der Waals surface area contributed by atoms with Crippen molar-refractivity contribution in [2.24, 2.45) is 0 Å². The van der Waals surface area contributed by atoms with Crippen LogP contribution in [0.5, 0.6) is 5.75 Å². The molecule has 2 aliphatic heterocycles. The molecule has 0 amide bonds. The highest BCUT2D eigenvalue weighted by atomic mass is 32.2. The molecular formula is C18H26N2O4S. The van der Waals surface area contributed by atoms with Gasteiger partial charge in [-0.2, -0.15) is 5.06 Å². The summed E-state index contributed by atoms with van der Waals surface area (Å²) < 4.78 is 32.8. The van der Waals surface area contributed by atoms with Crippen LogP contribution in [0.4, 0.5) is 0 Å². The van der Waals surface area contributed by atoms with Gasteiger partial charge >= 0.3 is 0 Å². The first kappa shape index (κ1) is 18.4. The van der Waals surface area contributed by atoms with E-state index in [4.69, 9.17) is 9.57 Å². The lowest BCUT2D eigenvalue weighted by Crippen LogP contribution is -2.46. The van der Waals surface area contributed by atoms with E-state index >= 15 is 0 Å². The lowest BCUT2D eigenvalue weighted by molar-refractivity contribution is -0.100. The van der Waals surface area contributed by atoms with Crippen molar-refractivity contribution in [1.82, 2.24) is 9.37 Å². The lowest BCUT2D eigenvalue weighted by Gasteiger charge is -2.30. The van der Waals surface area contributed by atoms with E-state index in [1.165, 1.54) is 0 Å². The topological polar surface area (TPSA) is 59.1 Å². The number of benzene rings is 1. The number of ether oxygens (including phenoxy) is 1. The Morgan fingerprint density at radius 1 is 1.16 bits per heavy atom. The molecular weight excluding hydrogens is 340 g/mol. The quantitative estimate of drug-likeness (QED) is 0.799. The summed E-state index contributed by atoms with van der Waals surface area (Å²) in [6, 6.07) is 7.36. The summed E-state index contributed by atoms with van der Waals surface area (Å²) in [6.45, 7) is 1.45. The van der Waals surface area contributed by atoms with Gasteiger partial charge in [0.05, 0.1) is 19.8 Å². The molecule has 1 aromatic rings. The normalized spacial score (nSPS) is 26.3. The van der Waals surface area contributed by atoms with Crippen molar-refractivity contribution >= 4 is 16.1 Å². The number of sulfonamides is 1. The Labute approximate surface area is 150 Å². The average molecular weight is 366 g/mol. The first-order valence-corrected chi connectivity index (χ1v) is 10.2. The van der Waals surface area contributed by atoms with Gasteiger partial charge in [-0.05, 0) is 30.5 Å². The van der Waals surface area contributed by atoms with E-state index in [0.29, 0.717) is 13.1 Å². The fraction of sp³-hybridized carbons (Fsp3) is 0.556. The van der Waals surface area contributed by atoms with Crippen molar-refractivity contribution < 1.29 is 18.0 Å². The maximum absolute atomic E-state index is 13.0. The first-order chi connectivity index (χ1) is 12.0. The second-order valence-corrected chi connectivity index (χ2v) is 8.66. The maximum Gasteiger partial charge on any atom is 0.221 e. The molecule has 1 aromatic carbocycles. The average Bonchev–Trinajstić information content (AvgIpc) is 3.02. The van der Waals surface area contributed by atoms with Gasteiger partial charge in [-0.25, -0.2) is 12.7 Å². The molecule has 3 rings (SSSR count). The van der Waals surface area contributed by atoms with Gasteiger partial charge in [-0.1, -0.05) is 30.7 Å². The minimum atomic E-state index is -3.36. The predicted octanol–water partition coefficient (Wildman–Crippen LogP) is 2.14. The summed E-state index contributed by atoms with van der Waals surface area (Å²) in [5, 5.41) is 1.08. The highest BCUT2D eigenvalue weighted by Crippen LogP contribution is 2.26. The van der Waals surface area contributed by atoms with Crippen LogP contribution in [0.25, 0.3) is 6.08 Å². The number of nitrogens with zero attached hydrogens (tertiary/aromatic N) is 2. The van der Waals surface area contributed by atoms with Crippen molar-refractivity contribution in [1.29, 1.82) is 0 Å². The van der Waals surface area contributed by atoms with Crippen molar-refractivity contribution in [3.63, 3.8) is 0 Å². The molecule has 0 N–H and O–H groups in total. The minimum absolute atomic E-state index is 0.201. The van der Waals surface area contributed by atoms with Crippen molar-refractivity contribution in [3.05, 3.63) is 35.9 Å². The molecule has 25 heavy (non-hydrogen) atoms. The van der Waals surface area contributed by atoms with E-state index in [9.17, 15) is 8.42 Å². The van der Waals surface area contributed by atoms with Crippen LogP contribution in [0, 0.1) is 0 Å². The van der Waals surface area contributed by atoms with E-state index in [0.717, 1.165) is 30.6 Å². The van der Waals surface area contributed by atoms with Crippen LogP contribution in [0.2, 0.25) is 0 Å². The van der Waals surface area contributed by atoms with Gasteiger partial charge in [0.15, 0.2) is 0 Å². The molecule has 2 atom stereocenters. The third kappa shape index (κ3) is 4.06. The Morgan fingerprint density at radius 3 is 2.48 bits per heavy atom. The van der Waals surface area contributed by atoms with Gasteiger partial charge in [-0.15, -0.1) is 0 Å². The molecule has 2 aliphatic rings. The molecule has 0 saturated carbocycles. The molecule has 0 spiro atoms. The molecule has 0 bridgehead atoms. The minimum Gasteiger partial charge on any atom is -0.497 e. The fourth-order valence-corrected chi connectivity index (χ4v) is 5.35. The Bertz CT molecular complexity index is 696. The van der Waals surface area contributed by atoms with Gasteiger partial charge < -0.3 is 4.74 Å². The Morgan fingerprint density at radius 2 is 1.84 bits per heavy atom. The Kier molecular flexibility index (Phi) is 5.78. The molecule has 2 saturated heterocycles. The number of methoxy groups -OCH3 is 1. The lowest BCUT2D eigenvalue weighted by atomic mass is 10.1. The number of hydrogen-bond donors (Lipinski definition) is 0. The molecule has 138 valence electrons. The van der Waals surface area contributed by atoms with Crippen molar-refractivity contribution in [3.8, 4) is 5.75 Å². The van der Waals surface area contributed by atoms with E-state index in [-0.39, 0.29) is 12.6 Å². The zero-order valence-corrected chi connectivity index (χ0v) is 15.6. The van der Waals surface area contributed by atoms with E-state index < -0.39 is 15.3 Å². The van der Waals surface area contributed by atoms with Gasteiger partial charge in [0, 0.05) is 20.1 Å². The van der Waals surface area contributed by atoms with E-state index in [1.807, 2.05) is 36.4 Å². The molecule has 2 unspecified atom stereocenters. The van der Waals surface area contributed by atoms with Gasteiger partial charge in [-0.3, -0.25) is 4.84 Å². The monoisotopic (exact) mass is 366 g/mol. The second kappa shape index (κ2) is 7.86. The third-order valence-electron chi connectivity index (χ3n) is 4.90. The summed E-state index contributed by atoms with van der Waals surface area (Å²) in [6.07, 6.45) is 6.84. The Hall–Kier alpha value is -1.41. The molecule has 2 fully saturated rings. The summed E-state index contributed by atoms with van der Waals surface area (Å²) in [4.78, 5) is 5.54. The molecule has 0 radical (unpaired) electrons.